The number of nitrogens with two attached hydrogens (primary N) is 1. The zero-order chi connectivity index (χ0) is 9.35. The fourth-order valence-corrected chi connectivity index (χ4v) is 0.965. The smallest absolute Gasteiger partial charge is 0.367 e. The summed E-state index contributed by atoms with van der Waals surface area (Å²) in [5.74, 6) is 0. The molecule has 0 spiro atoms. The van der Waals surface area contributed by atoms with Crippen molar-refractivity contribution in [1.82, 2.24) is 4.98 Å². The number of nitrogens with one attached hydrogen (secondary N) is 1. The molecule has 1 aromatic heterocycles. The molecule has 3 N–H and O–H groups in total. The Balaban J connectivity index is 2.92. The van der Waals surface area contributed by atoms with E-state index < -0.39 is 12.2 Å². The van der Waals surface area contributed by atoms with Gasteiger partial charge in [0.05, 0.1) is 0 Å². The Hall–Kier alpha value is -0.970. The zero-order valence-corrected chi connectivity index (χ0v) is 6.44. The molecule has 1 aromatic rings. The summed E-state index contributed by atoms with van der Waals surface area (Å²) in [6.45, 7) is 1.58. The van der Waals surface area contributed by atoms with Crippen LogP contribution in [0.5, 0.6) is 0 Å². The third kappa shape index (κ3) is 1.61. The minimum absolute atomic E-state index is 0.0995. The first kappa shape index (κ1) is 9.12. The second kappa shape index (κ2) is 2.82. The summed E-state index contributed by atoms with van der Waals surface area (Å²) in [4.78, 5) is 2.57. The molecule has 1 rings (SSSR count). The van der Waals surface area contributed by atoms with Gasteiger partial charge in [-0.25, -0.2) is 0 Å². The van der Waals surface area contributed by atoms with Crippen molar-refractivity contribution in [2.75, 3.05) is 0 Å². The van der Waals surface area contributed by atoms with Crippen molar-refractivity contribution in [2.24, 2.45) is 5.73 Å². The predicted molar refractivity (Wildman–Crippen MR) is 38.5 cm³/mol. The van der Waals surface area contributed by atoms with Gasteiger partial charge in [-0.15, -0.1) is 0 Å². The lowest BCUT2D eigenvalue weighted by Gasteiger charge is -2.14. The minimum atomic E-state index is -4.37. The first-order valence-corrected chi connectivity index (χ1v) is 3.38. The number of aromatic amines is 1. The molecule has 0 fully saturated rings. The zero-order valence-electron chi connectivity index (χ0n) is 6.44. The Bertz CT molecular complexity index is 264. The maximum atomic E-state index is 12.1. The summed E-state index contributed by atoms with van der Waals surface area (Å²) in [6.07, 6.45) is -1.61. The van der Waals surface area contributed by atoms with Crippen molar-refractivity contribution in [3.8, 4) is 0 Å². The molecule has 1 atom stereocenters. The third-order valence-electron chi connectivity index (χ3n) is 1.68. The van der Waals surface area contributed by atoms with E-state index in [4.69, 9.17) is 5.73 Å². The highest BCUT2D eigenvalue weighted by Crippen LogP contribution is 2.31. The van der Waals surface area contributed by atoms with Crippen LogP contribution in [0.15, 0.2) is 12.4 Å². The van der Waals surface area contributed by atoms with E-state index in [1.165, 1.54) is 12.4 Å². The number of H-pyrrole nitrogens is 1. The highest BCUT2D eigenvalue weighted by atomic mass is 19.4. The third-order valence-corrected chi connectivity index (χ3v) is 1.68. The lowest BCUT2D eigenvalue weighted by molar-refractivity contribution is -0.149. The standard InChI is InChI=1S/C7H9F3N2/c1-4-2-12-3-5(4)6(11)7(8,9)10/h2-3,6,12H,11H2,1H3/t6-/m0/s1. The number of hydrogen-bond donors (Lipinski definition) is 2. The van der Waals surface area contributed by atoms with Crippen molar-refractivity contribution in [3.63, 3.8) is 0 Å². The van der Waals surface area contributed by atoms with E-state index >= 15 is 0 Å². The molecule has 0 radical (unpaired) electrons. The molecule has 5 heteroatoms. The molecule has 0 saturated heterocycles. The Kier molecular flexibility index (Phi) is 2.14. The monoisotopic (exact) mass is 178 g/mol. The molecule has 0 aliphatic carbocycles. The van der Waals surface area contributed by atoms with E-state index in [0.717, 1.165) is 0 Å². The maximum absolute atomic E-state index is 12.1. The number of hydrogen-bond acceptors (Lipinski definition) is 1. The molecule has 0 amide bonds. The molecule has 12 heavy (non-hydrogen) atoms. The Morgan fingerprint density at radius 3 is 2.33 bits per heavy atom. The predicted octanol–water partition coefficient (Wildman–Crippen LogP) is 1.89. The molecule has 0 aliphatic heterocycles. The summed E-state index contributed by atoms with van der Waals surface area (Å²) in [5, 5.41) is 0. The Morgan fingerprint density at radius 1 is 1.42 bits per heavy atom. The summed E-state index contributed by atoms with van der Waals surface area (Å²) in [7, 11) is 0. The fourth-order valence-electron chi connectivity index (χ4n) is 0.965. The van der Waals surface area contributed by atoms with Gasteiger partial charge in [0, 0.05) is 12.4 Å². The average Bonchev–Trinajstić information content (AvgIpc) is 2.31. The van der Waals surface area contributed by atoms with Crippen LogP contribution >= 0.6 is 0 Å². The number of alkyl halides is 3. The summed E-state index contributed by atoms with van der Waals surface area (Å²) in [5.41, 5.74) is 5.60. The van der Waals surface area contributed by atoms with Gasteiger partial charge in [0.2, 0.25) is 0 Å². The number of rotatable bonds is 1. The molecular weight excluding hydrogens is 169 g/mol. The molecule has 0 saturated carbocycles. The molecule has 68 valence electrons. The summed E-state index contributed by atoms with van der Waals surface area (Å²) in [6, 6.07) is -1.89. The van der Waals surface area contributed by atoms with E-state index in [9.17, 15) is 13.2 Å². The van der Waals surface area contributed by atoms with Crippen LogP contribution < -0.4 is 5.73 Å². The first-order chi connectivity index (χ1) is 5.43. The van der Waals surface area contributed by atoms with E-state index in [2.05, 4.69) is 4.98 Å². The van der Waals surface area contributed by atoms with Crippen molar-refractivity contribution in [3.05, 3.63) is 23.5 Å². The number of aryl methyl sites for hydroxylation is 1. The molecule has 0 bridgehead atoms. The van der Waals surface area contributed by atoms with Crippen LogP contribution in [0.25, 0.3) is 0 Å². The van der Waals surface area contributed by atoms with E-state index in [1.54, 1.807) is 6.92 Å². The molecule has 0 unspecified atom stereocenters. The maximum Gasteiger partial charge on any atom is 0.407 e. The highest BCUT2D eigenvalue weighted by Gasteiger charge is 2.38. The quantitative estimate of drug-likeness (QED) is 0.677. The molecule has 0 aromatic carbocycles. The van der Waals surface area contributed by atoms with Gasteiger partial charge in [-0.1, -0.05) is 0 Å². The topological polar surface area (TPSA) is 41.8 Å². The van der Waals surface area contributed by atoms with Crippen LogP contribution in [-0.2, 0) is 0 Å². The number of aromatic nitrogens is 1. The molecule has 0 aliphatic rings. The van der Waals surface area contributed by atoms with Crippen LogP contribution in [0.4, 0.5) is 13.2 Å². The lowest BCUT2D eigenvalue weighted by atomic mass is 10.1. The number of halogens is 3. The van der Waals surface area contributed by atoms with Crippen LogP contribution in [0.1, 0.15) is 17.2 Å². The van der Waals surface area contributed by atoms with Gasteiger partial charge in [0.15, 0.2) is 0 Å². The second-order valence-electron chi connectivity index (χ2n) is 2.61. The molecule has 2 nitrogen and oxygen atoms in total. The van der Waals surface area contributed by atoms with Crippen molar-refractivity contribution < 1.29 is 13.2 Å². The van der Waals surface area contributed by atoms with Crippen LogP contribution in [0.2, 0.25) is 0 Å². The van der Waals surface area contributed by atoms with Crippen molar-refractivity contribution in [2.45, 2.75) is 19.1 Å². The average molecular weight is 178 g/mol. The van der Waals surface area contributed by atoms with Gasteiger partial charge in [0.1, 0.15) is 6.04 Å². The summed E-state index contributed by atoms with van der Waals surface area (Å²) >= 11 is 0. The Morgan fingerprint density at radius 2 is 2.00 bits per heavy atom. The van der Waals surface area contributed by atoms with Gasteiger partial charge in [-0.2, -0.15) is 13.2 Å². The van der Waals surface area contributed by atoms with Gasteiger partial charge < -0.3 is 10.7 Å². The largest absolute Gasteiger partial charge is 0.407 e. The van der Waals surface area contributed by atoms with Crippen molar-refractivity contribution >= 4 is 0 Å². The van der Waals surface area contributed by atoms with Gasteiger partial charge in [-0.05, 0) is 18.1 Å². The SMILES string of the molecule is Cc1c[nH]cc1[C@H](N)C(F)(F)F. The van der Waals surface area contributed by atoms with Crippen LogP contribution in [0.3, 0.4) is 0 Å². The van der Waals surface area contributed by atoms with Gasteiger partial charge in [-0.3, -0.25) is 0 Å². The van der Waals surface area contributed by atoms with Gasteiger partial charge >= 0.3 is 6.18 Å². The highest BCUT2D eigenvalue weighted by molar-refractivity contribution is 5.25. The second-order valence-corrected chi connectivity index (χ2v) is 2.61. The van der Waals surface area contributed by atoms with E-state index in [1.807, 2.05) is 0 Å². The molecule has 1 heterocycles. The fraction of sp³-hybridized carbons (Fsp3) is 0.429. The van der Waals surface area contributed by atoms with Gasteiger partial charge in [0.25, 0.3) is 0 Å². The van der Waals surface area contributed by atoms with Crippen LogP contribution in [-0.4, -0.2) is 11.2 Å². The normalized spacial score (nSPS) is 14.8. The van der Waals surface area contributed by atoms with Crippen molar-refractivity contribution in [1.29, 1.82) is 0 Å². The lowest BCUT2D eigenvalue weighted by Crippen LogP contribution is -2.28. The first-order valence-electron chi connectivity index (χ1n) is 3.38. The molecular formula is C7H9F3N2. The van der Waals surface area contributed by atoms with Crippen LogP contribution in [0, 0.1) is 6.92 Å². The van der Waals surface area contributed by atoms with E-state index in [-0.39, 0.29) is 5.56 Å². The Labute approximate surface area is 67.6 Å². The minimum Gasteiger partial charge on any atom is -0.367 e. The summed E-state index contributed by atoms with van der Waals surface area (Å²) < 4.78 is 36.2. The van der Waals surface area contributed by atoms with E-state index in [0.29, 0.717) is 5.56 Å².